The molecule has 4 aromatic rings. The van der Waals surface area contributed by atoms with E-state index in [0.29, 0.717) is 0 Å². The summed E-state index contributed by atoms with van der Waals surface area (Å²) in [6.45, 7) is 1.08. The molecule has 1 aliphatic rings. The molecule has 0 aromatic heterocycles. The molecule has 208 valence electrons. The third-order valence-electron chi connectivity index (χ3n) is 7.14. The summed E-state index contributed by atoms with van der Waals surface area (Å²) in [5.41, 5.74) is 3.87. The van der Waals surface area contributed by atoms with Crippen LogP contribution in [0.2, 0.25) is 0 Å². The largest absolute Gasteiger partial charge is 0.387 e. The first-order valence-corrected chi connectivity index (χ1v) is 13.7. The van der Waals surface area contributed by atoms with Crippen LogP contribution in [0.25, 0.3) is 0 Å². The fourth-order valence-electron chi connectivity index (χ4n) is 4.98. The summed E-state index contributed by atoms with van der Waals surface area (Å²) in [6, 6.07) is 39.1. The van der Waals surface area contributed by atoms with Gasteiger partial charge in [-0.1, -0.05) is 121 Å². The molecule has 0 spiro atoms. The van der Waals surface area contributed by atoms with Crippen molar-refractivity contribution in [2.75, 3.05) is 0 Å². The second kappa shape index (κ2) is 14.3. The summed E-state index contributed by atoms with van der Waals surface area (Å²) in [4.78, 5) is 0. The first-order chi connectivity index (χ1) is 19.7. The van der Waals surface area contributed by atoms with Gasteiger partial charge in [-0.3, -0.25) is 0 Å². The number of ether oxygens (including phenoxy) is 4. The highest BCUT2D eigenvalue weighted by atomic mass is 16.6. The number of rotatable bonds is 12. The van der Waals surface area contributed by atoms with E-state index in [-0.39, 0.29) is 26.4 Å². The van der Waals surface area contributed by atoms with Crippen LogP contribution in [0.5, 0.6) is 0 Å². The smallest absolute Gasteiger partial charge is 0.116 e. The maximum atomic E-state index is 11.4. The first-order valence-electron chi connectivity index (χ1n) is 13.7. The second-order valence-electron chi connectivity index (χ2n) is 10.0. The Morgan fingerprint density at radius 1 is 0.350 bits per heavy atom. The number of hydrogen-bond donors (Lipinski definition) is 2. The van der Waals surface area contributed by atoms with Gasteiger partial charge in [-0.05, 0) is 22.3 Å². The highest BCUT2D eigenvalue weighted by Crippen LogP contribution is 2.32. The van der Waals surface area contributed by atoms with E-state index in [1.54, 1.807) is 0 Å². The van der Waals surface area contributed by atoms with E-state index in [1.807, 2.05) is 121 Å². The molecule has 0 bridgehead atoms. The quantitative estimate of drug-likeness (QED) is 0.262. The van der Waals surface area contributed by atoms with Crippen molar-refractivity contribution in [3.63, 3.8) is 0 Å². The van der Waals surface area contributed by atoms with Crippen molar-refractivity contribution in [3.8, 4) is 0 Å². The molecule has 0 aliphatic heterocycles. The van der Waals surface area contributed by atoms with Gasteiger partial charge < -0.3 is 29.2 Å². The summed E-state index contributed by atoms with van der Waals surface area (Å²) in [7, 11) is 0. The fourth-order valence-corrected chi connectivity index (χ4v) is 4.98. The zero-order valence-electron chi connectivity index (χ0n) is 22.4. The minimum absolute atomic E-state index is 0.251. The van der Waals surface area contributed by atoms with E-state index in [2.05, 4.69) is 0 Å². The molecule has 6 nitrogen and oxygen atoms in total. The molecular formula is C34H36O6. The number of aliphatic hydroxyl groups is 2. The fraction of sp³-hybridized carbons (Fsp3) is 0.294. The van der Waals surface area contributed by atoms with Crippen LogP contribution in [0.1, 0.15) is 22.3 Å². The van der Waals surface area contributed by atoms with Gasteiger partial charge in [-0.25, -0.2) is 0 Å². The van der Waals surface area contributed by atoms with Crippen molar-refractivity contribution in [2.45, 2.75) is 63.1 Å². The summed E-state index contributed by atoms with van der Waals surface area (Å²) in [6.07, 6.45) is -5.63. The van der Waals surface area contributed by atoms with Crippen molar-refractivity contribution in [1.82, 2.24) is 0 Å². The standard InChI is InChI=1S/C34H36O6/c35-29-30(36)32(38-22-26-15-7-2-8-16-26)34(40-24-28-19-11-4-12-20-28)33(39-23-27-17-9-3-10-18-27)31(29)37-21-25-13-5-1-6-14-25/h1-20,29-36H,21-24H2/t29-,30?,31?,32+,33?,34+/m0/s1. The molecule has 1 fully saturated rings. The lowest BCUT2D eigenvalue weighted by Gasteiger charge is -2.47. The van der Waals surface area contributed by atoms with E-state index < -0.39 is 36.6 Å². The Kier molecular flexibility index (Phi) is 10.1. The summed E-state index contributed by atoms with van der Waals surface area (Å²) >= 11 is 0. The normalized spacial score (nSPS) is 24.6. The van der Waals surface area contributed by atoms with Crippen LogP contribution in [0.3, 0.4) is 0 Å². The monoisotopic (exact) mass is 540 g/mol. The first kappa shape index (κ1) is 28.2. The lowest BCUT2D eigenvalue weighted by molar-refractivity contribution is -0.273. The van der Waals surface area contributed by atoms with Gasteiger partial charge in [-0.15, -0.1) is 0 Å². The van der Waals surface area contributed by atoms with Crippen molar-refractivity contribution in [1.29, 1.82) is 0 Å². The Hall–Kier alpha value is -3.36. The molecule has 40 heavy (non-hydrogen) atoms. The molecule has 3 unspecified atom stereocenters. The average molecular weight is 541 g/mol. The van der Waals surface area contributed by atoms with E-state index >= 15 is 0 Å². The maximum Gasteiger partial charge on any atom is 0.116 e. The predicted octanol–water partition coefficient (Wildman–Crippen LogP) is 5.06. The topological polar surface area (TPSA) is 77.4 Å². The molecule has 6 heteroatoms. The number of hydrogen-bond acceptors (Lipinski definition) is 6. The lowest BCUT2D eigenvalue weighted by Crippen LogP contribution is -2.66. The van der Waals surface area contributed by atoms with Gasteiger partial charge in [-0.2, -0.15) is 0 Å². The van der Waals surface area contributed by atoms with Crippen molar-refractivity contribution < 1.29 is 29.2 Å². The van der Waals surface area contributed by atoms with Gasteiger partial charge in [0.2, 0.25) is 0 Å². The van der Waals surface area contributed by atoms with E-state index in [9.17, 15) is 10.2 Å². The van der Waals surface area contributed by atoms with Crippen LogP contribution in [0, 0.1) is 0 Å². The molecule has 6 atom stereocenters. The van der Waals surface area contributed by atoms with E-state index in [0.717, 1.165) is 22.3 Å². The molecule has 2 N–H and O–H groups in total. The Morgan fingerprint density at radius 2 is 0.575 bits per heavy atom. The molecule has 0 heterocycles. The van der Waals surface area contributed by atoms with E-state index in [4.69, 9.17) is 18.9 Å². The summed E-state index contributed by atoms with van der Waals surface area (Å²) in [5, 5.41) is 22.7. The Morgan fingerprint density at radius 3 is 0.825 bits per heavy atom. The van der Waals surface area contributed by atoms with Crippen LogP contribution in [0.15, 0.2) is 121 Å². The molecule has 0 radical (unpaired) electrons. The molecular weight excluding hydrogens is 504 g/mol. The van der Waals surface area contributed by atoms with Gasteiger partial charge in [0.25, 0.3) is 0 Å². The summed E-state index contributed by atoms with van der Waals surface area (Å²) < 4.78 is 25.5. The third-order valence-corrected chi connectivity index (χ3v) is 7.14. The third kappa shape index (κ3) is 7.43. The second-order valence-corrected chi connectivity index (χ2v) is 10.0. The molecule has 0 amide bonds. The molecule has 1 saturated carbocycles. The highest BCUT2D eigenvalue weighted by Gasteiger charge is 2.52. The zero-order valence-corrected chi connectivity index (χ0v) is 22.4. The molecule has 0 saturated heterocycles. The highest BCUT2D eigenvalue weighted by molar-refractivity contribution is 5.17. The van der Waals surface area contributed by atoms with Gasteiger partial charge in [0.1, 0.15) is 36.6 Å². The Labute approximate surface area is 235 Å². The van der Waals surface area contributed by atoms with Crippen molar-refractivity contribution >= 4 is 0 Å². The predicted molar refractivity (Wildman–Crippen MR) is 152 cm³/mol. The van der Waals surface area contributed by atoms with Gasteiger partial charge >= 0.3 is 0 Å². The Balaban J connectivity index is 1.42. The maximum absolute atomic E-state index is 11.4. The van der Waals surface area contributed by atoms with Crippen LogP contribution in [-0.4, -0.2) is 46.8 Å². The van der Waals surface area contributed by atoms with Gasteiger partial charge in [0, 0.05) is 0 Å². The van der Waals surface area contributed by atoms with Crippen LogP contribution in [0.4, 0.5) is 0 Å². The number of benzene rings is 4. The van der Waals surface area contributed by atoms with Gasteiger partial charge in [0.15, 0.2) is 0 Å². The number of aliphatic hydroxyl groups excluding tert-OH is 2. The molecule has 1 aliphatic carbocycles. The zero-order chi connectivity index (χ0) is 27.6. The van der Waals surface area contributed by atoms with Crippen molar-refractivity contribution in [3.05, 3.63) is 144 Å². The SMILES string of the molecule is OC1[C@H](O)C(OCc2ccccc2)C(OCc2ccccc2)[C@H](OCc2ccccc2)[C@@H]1OCc1ccccc1. The van der Waals surface area contributed by atoms with Crippen LogP contribution in [-0.2, 0) is 45.4 Å². The average Bonchev–Trinajstić information content (AvgIpc) is 3.01. The van der Waals surface area contributed by atoms with E-state index in [1.165, 1.54) is 0 Å². The lowest BCUT2D eigenvalue weighted by atomic mass is 9.84. The van der Waals surface area contributed by atoms with Crippen molar-refractivity contribution in [2.24, 2.45) is 0 Å². The summed E-state index contributed by atoms with van der Waals surface area (Å²) in [5.74, 6) is 0. The molecule has 4 aromatic carbocycles. The van der Waals surface area contributed by atoms with Crippen LogP contribution < -0.4 is 0 Å². The minimum Gasteiger partial charge on any atom is -0.387 e. The Bertz CT molecular complexity index is 1150. The molecule has 5 rings (SSSR count). The van der Waals surface area contributed by atoms with Gasteiger partial charge in [0.05, 0.1) is 26.4 Å². The minimum atomic E-state index is -1.25. The van der Waals surface area contributed by atoms with Crippen LogP contribution >= 0.6 is 0 Å².